The smallest absolute Gasteiger partial charge is 0.331 e. The van der Waals surface area contributed by atoms with E-state index in [1.165, 1.54) is 0 Å². The fourth-order valence-electron chi connectivity index (χ4n) is 1.43. The van der Waals surface area contributed by atoms with Crippen LogP contribution in [-0.4, -0.2) is 36.5 Å². The number of ether oxygens (including phenoxy) is 1. The number of amides is 1. The Morgan fingerprint density at radius 3 is 2.62 bits per heavy atom. The minimum absolute atomic E-state index is 0.329. The number of hydrogen-bond donors (Lipinski definition) is 3. The van der Waals surface area contributed by atoms with E-state index in [2.05, 4.69) is 10.1 Å². The molecule has 0 bridgehead atoms. The van der Waals surface area contributed by atoms with Crippen LogP contribution in [0.1, 0.15) is 19.3 Å². The summed E-state index contributed by atoms with van der Waals surface area (Å²) in [5.74, 6) is -2.28. The van der Waals surface area contributed by atoms with Crippen molar-refractivity contribution in [3.63, 3.8) is 0 Å². The molecular weight excluding hydrogens is 214 g/mol. The van der Waals surface area contributed by atoms with Gasteiger partial charge in [0.1, 0.15) is 12.1 Å². The molecule has 0 aliphatic carbocycles. The number of primary amides is 1. The van der Waals surface area contributed by atoms with Crippen LogP contribution in [-0.2, 0) is 19.1 Å². The molecule has 1 aliphatic rings. The number of esters is 2. The van der Waals surface area contributed by atoms with Gasteiger partial charge in [-0.15, -0.1) is 0 Å². The predicted molar refractivity (Wildman–Crippen MR) is 53.9 cm³/mol. The molecule has 0 aromatic heterocycles. The van der Waals surface area contributed by atoms with Crippen LogP contribution in [0.15, 0.2) is 0 Å². The van der Waals surface area contributed by atoms with Gasteiger partial charge >= 0.3 is 11.9 Å². The second-order valence-electron chi connectivity index (χ2n) is 3.67. The van der Waals surface area contributed by atoms with Gasteiger partial charge in [-0.25, -0.2) is 9.59 Å². The van der Waals surface area contributed by atoms with Crippen molar-refractivity contribution in [3.05, 3.63) is 0 Å². The highest BCUT2D eigenvalue weighted by molar-refractivity contribution is 5.93. The van der Waals surface area contributed by atoms with Crippen molar-refractivity contribution in [3.8, 4) is 0 Å². The van der Waals surface area contributed by atoms with Crippen LogP contribution < -0.4 is 16.8 Å². The van der Waals surface area contributed by atoms with Crippen molar-refractivity contribution in [1.29, 1.82) is 0 Å². The fourth-order valence-corrected chi connectivity index (χ4v) is 1.43. The van der Waals surface area contributed by atoms with Crippen LogP contribution in [0.4, 0.5) is 0 Å². The zero-order chi connectivity index (χ0) is 12.1. The summed E-state index contributed by atoms with van der Waals surface area (Å²) in [6.45, 7) is 0.724. The number of hydrogen-bond acceptors (Lipinski definition) is 6. The maximum Gasteiger partial charge on any atom is 0.331 e. The largest absolute Gasteiger partial charge is 0.391 e. The lowest BCUT2D eigenvalue weighted by Crippen LogP contribution is -2.41. The number of carbonyl (C=O) groups is 3. The average molecular weight is 229 g/mol. The second-order valence-corrected chi connectivity index (χ2v) is 3.67. The molecule has 0 aromatic carbocycles. The van der Waals surface area contributed by atoms with Crippen molar-refractivity contribution in [2.24, 2.45) is 11.5 Å². The SMILES string of the molecule is NC(=O)C[C@H](N)C(=O)OC(=O)[C@@H]1CCCN1. The second kappa shape index (κ2) is 5.57. The van der Waals surface area contributed by atoms with E-state index in [1.54, 1.807) is 0 Å². The Balaban J connectivity index is 2.37. The van der Waals surface area contributed by atoms with E-state index in [4.69, 9.17) is 11.5 Å². The standard InChI is InChI=1S/C9H15N3O4/c10-5(4-7(11)13)8(14)16-9(15)6-2-1-3-12-6/h5-6,12H,1-4,10H2,(H2,11,13)/t5-,6-/m0/s1. The molecule has 0 spiro atoms. The van der Waals surface area contributed by atoms with Crippen molar-refractivity contribution in [1.82, 2.24) is 5.32 Å². The monoisotopic (exact) mass is 229 g/mol. The molecule has 0 saturated carbocycles. The van der Waals surface area contributed by atoms with Crippen LogP contribution in [0.3, 0.4) is 0 Å². The van der Waals surface area contributed by atoms with Gasteiger partial charge in [0.25, 0.3) is 0 Å². The Labute approximate surface area is 92.5 Å². The molecule has 16 heavy (non-hydrogen) atoms. The van der Waals surface area contributed by atoms with Crippen LogP contribution in [0.25, 0.3) is 0 Å². The van der Waals surface area contributed by atoms with E-state index in [0.29, 0.717) is 6.42 Å². The Morgan fingerprint density at radius 1 is 1.44 bits per heavy atom. The fraction of sp³-hybridized carbons (Fsp3) is 0.667. The summed E-state index contributed by atoms with van der Waals surface area (Å²) in [7, 11) is 0. The van der Waals surface area contributed by atoms with Gasteiger partial charge in [-0.3, -0.25) is 4.79 Å². The summed E-state index contributed by atoms with van der Waals surface area (Å²) in [6, 6.07) is -1.63. The molecule has 5 N–H and O–H groups in total. The first-order chi connectivity index (χ1) is 7.50. The van der Waals surface area contributed by atoms with Gasteiger partial charge in [-0.05, 0) is 19.4 Å². The minimum atomic E-state index is -1.18. The van der Waals surface area contributed by atoms with Crippen molar-refractivity contribution < 1.29 is 19.1 Å². The first kappa shape index (κ1) is 12.6. The third-order valence-corrected chi connectivity index (χ3v) is 2.27. The summed E-state index contributed by atoms with van der Waals surface area (Å²) in [5.41, 5.74) is 10.2. The van der Waals surface area contributed by atoms with Crippen LogP contribution in [0, 0.1) is 0 Å². The number of rotatable bonds is 4. The van der Waals surface area contributed by atoms with Crippen molar-refractivity contribution in [2.75, 3.05) is 6.54 Å². The van der Waals surface area contributed by atoms with Crippen LogP contribution >= 0.6 is 0 Å². The Kier molecular flexibility index (Phi) is 4.39. The number of nitrogens with two attached hydrogens (primary N) is 2. The normalized spacial score (nSPS) is 21.4. The molecule has 1 fully saturated rings. The van der Waals surface area contributed by atoms with Gasteiger partial charge in [-0.2, -0.15) is 0 Å². The summed E-state index contributed by atoms with van der Waals surface area (Å²) in [4.78, 5) is 33.1. The van der Waals surface area contributed by atoms with Gasteiger partial charge in [-0.1, -0.05) is 0 Å². The van der Waals surface area contributed by atoms with E-state index < -0.39 is 29.9 Å². The molecule has 1 aliphatic heterocycles. The first-order valence-corrected chi connectivity index (χ1v) is 5.03. The number of nitrogens with one attached hydrogen (secondary N) is 1. The lowest BCUT2D eigenvalue weighted by Gasteiger charge is -2.11. The van der Waals surface area contributed by atoms with E-state index in [9.17, 15) is 14.4 Å². The van der Waals surface area contributed by atoms with E-state index >= 15 is 0 Å². The van der Waals surface area contributed by atoms with Gasteiger partial charge in [0, 0.05) is 0 Å². The van der Waals surface area contributed by atoms with Gasteiger partial charge in [0.15, 0.2) is 0 Å². The van der Waals surface area contributed by atoms with E-state index in [1.807, 2.05) is 0 Å². The highest BCUT2D eigenvalue weighted by Gasteiger charge is 2.28. The Morgan fingerprint density at radius 2 is 2.12 bits per heavy atom. The molecule has 7 nitrogen and oxygen atoms in total. The molecule has 1 heterocycles. The first-order valence-electron chi connectivity index (χ1n) is 5.03. The lowest BCUT2D eigenvalue weighted by molar-refractivity contribution is -0.162. The maximum atomic E-state index is 11.4. The molecule has 7 heteroatoms. The summed E-state index contributed by atoms with van der Waals surface area (Å²) in [6.07, 6.45) is 1.17. The van der Waals surface area contributed by atoms with Crippen LogP contribution in [0.2, 0.25) is 0 Å². The van der Waals surface area contributed by atoms with E-state index in [-0.39, 0.29) is 6.42 Å². The zero-order valence-corrected chi connectivity index (χ0v) is 8.77. The van der Waals surface area contributed by atoms with Crippen LogP contribution in [0.5, 0.6) is 0 Å². The lowest BCUT2D eigenvalue weighted by atomic mass is 10.2. The highest BCUT2D eigenvalue weighted by Crippen LogP contribution is 2.07. The Hall–Kier alpha value is -1.47. The number of carbonyl (C=O) groups excluding carboxylic acids is 3. The van der Waals surface area contributed by atoms with Gasteiger partial charge < -0.3 is 21.5 Å². The average Bonchev–Trinajstić information content (AvgIpc) is 2.68. The molecule has 2 atom stereocenters. The molecule has 90 valence electrons. The molecule has 1 saturated heterocycles. The quantitative estimate of drug-likeness (QED) is 0.378. The molecule has 0 radical (unpaired) electrons. The third-order valence-electron chi connectivity index (χ3n) is 2.27. The zero-order valence-electron chi connectivity index (χ0n) is 8.77. The minimum Gasteiger partial charge on any atom is -0.391 e. The predicted octanol–water partition coefficient (Wildman–Crippen LogP) is -1.99. The molecule has 0 unspecified atom stereocenters. The third kappa shape index (κ3) is 3.59. The highest BCUT2D eigenvalue weighted by atomic mass is 16.6. The van der Waals surface area contributed by atoms with Crippen molar-refractivity contribution >= 4 is 17.8 Å². The summed E-state index contributed by atoms with van der Waals surface area (Å²) in [5, 5.41) is 2.88. The summed E-state index contributed by atoms with van der Waals surface area (Å²) >= 11 is 0. The summed E-state index contributed by atoms with van der Waals surface area (Å²) < 4.78 is 4.52. The molecule has 1 amide bonds. The van der Waals surface area contributed by atoms with E-state index in [0.717, 1.165) is 13.0 Å². The maximum absolute atomic E-state index is 11.4. The Bertz CT molecular complexity index is 299. The molecule has 1 rings (SSSR count). The molecule has 0 aromatic rings. The van der Waals surface area contributed by atoms with Gasteiger partial charge in [0.05, 0.1) is 6.42 Å². The van der Waals surface area contributed by atoms with Crippen molar-refractivity contribution in [2.45, 2.75) is 31.3 Å². The topological polar surface area (TPSA) is 125 Å². The molecular formula is C9H15N3O4. The van der Waals surface area contributed by atoms with Gasteiger partial charge in [0.2, 0.25) is 5.91 Å².